The second-order valence-corrected chi connectivity index (χ2v) is 3.75. The van der Waals surface area contributed by atoms with Crippen LogP contribution in [0.3, 0.4) is 0 Å². The number of pyridine rings is 1. The quantitative estimate of drug-likeness (QED) is 0.522. The van der Waals surface area contributed by atoms with Gasteiger partial charge in [0.25, 0.3) is 0 Å². The van der Waals surface area contributed by atoms with Gasteiger partial charge >= 0.3 is 0 Å². The topological polar surface area (TPSA) is 48.1 Å². The average Bonchev–Trinajstić information content (AvgIpc) is 2.09. The molecule has 0 spiro atoms. The molecule has 0 saturated carbocycles. The van der Waals surface area contributed by atoms with E-state index in [1.165, 1.54) is 0 Å². The molecule has 0 unspecified atom stereocenters. The molecule has 0 aliphatic carbocycles. The predicted molar refractivity (Wildman–Crippen MR) is 60.9 cm³/mol. The van der Waals surface area contributed by atoms with E-state index in [4.69, 9.17) is 10.5 Å². The molecule has 3 nitrogen and oxygen atoms in total. The van der Waals surface area contributed by atoms with Crippen molar-refractivity contribution in [2.45, 2.75) is 13.3 Å². The Labute approximate surface area is 91.8 Å². The van der Waals surface area contributed by atoms with Crippen molar-refractivity contribution in [2.75, 3.05) is 13.2 Å². The minimum Gasteiger partial charge on any atom is -0.491 e. The Bertz CT molecular complexity index is 278. The maximum absolute atomic E-state index is 5.48. The van der Waals surface area contributed by atoms with Gasteiger partial charge in [0.05, 0.1) is 6.61 Å². The molecule has 0 bridgehead atoms. The van der Waals surface area contributed by atoms with Crippen molar-refractivity contribution in [3.8, 4) is 5.75 Å². The summed E-state index contributed by atoms with van der Waals surface area (Å²) in [4.78, 5) is 4.28. The van der Waals surface area contributed by atoms with Crippen molar-refractivity contribution in [2.24, 2.45) is 5.73 Å². The lowest BCUT2D eigenvalue weighted by Gasteiger charge is -2.06. The molecule has 0 radical (unpaired) electrons. The van der Waals surface area contributed by atoms with Crippen LogP contribution in [0, 0.1) is 10.6 Å². The van der Waals surface area contributed by atoms with Gasteiger partial charge in [0.15, 0.2) is 5.75 Å². The number of halogens is 1. The average molecular weight is 292 g/mol. The van der Waals surface area contributed by atoms with Crippen LogP contribution in [0.15, 0.2) is 12.1 Å². The van der Waals surface area contributed by atoms with Crippen molar-refractivity contribution >= 4 is 22.6 Å². The zero-order valence-corrected chi connectivity index (χ0v) is 9.74. The van der Waals surface area contributed by atoms with Gasteiger partial charge in [-0.05, 0) is 54.6 Å². The van der Waals surface area contributed by atoms with Crippen LogP contribution in [0.25, 0.3) is 0 Å². The highest BCUT2D eigenvalue weighted by Gasteiger charge is 2.01. The Morgan fingerprint density at radius 2 is 2.31 bits per heavy atom. The number of nitrogens with zero attached hydrogens (tertiary/aromatic N) is 1. The first-order chi connectivity index (χ1) is 6.24. The van der Waals surface area contributed by atoms with Crippen LogP contribution in [0.1, 0.15) is 12.1 Å². The van der Waals surface area contributed by atoms with Crippen molar-refractivity contribution in [3.05, 3.63) is 21.5 Å². The molecule has 1 heterocycles. The minimum atomic E-state index is 0.663. The molecule has 0 aromatic carbocycles. The van der Waals surface area contributed by atoms with Crippen LogP contribution in [0.5, 0.6) is 5.75 Å². The van der Waals surface area contributed by atoms with E-state index in [2.05, 4.69) is 27.6 Å². The van der Waals surface area contributed by atoms with E-state index in [1.807, 2.05) is 19.1 Å². The van der Waals surface area contributed by atoms with E-state index in [9.17, 15) is 0 Å². The van der Waals surface area contributed by atoms with Crippen LogP contribution in [0.4, 0.5) is 0 Å². The molecule has 0 saturated heterocycles. The van der Waals surface area contributed by atoms with Crippen LogP contribution in [-0.4, -0.2) is 18.1 Å². The molecule has 1 rings (SSSR count). The van der Waals surface area contributed by atoms with Gasteiger partial charge in [-0.25, -0.2) is 4.98 Å². The monoisotopic (exact) mass is 292 g/mol. The zero-order valence-electron chi connectivity index (χ0n) is 7.59. The normalized spacial score (nSPS) is 10.1. The second kappa shape index (κ2) is 5.39. The number of hydrogen-bond acceptors (Lipinski definition) is 3. The third-order valence-electron chi connectivity index (χ3n) is 1.56. The highest BCUT2D eigenvalue weighted by molar-refractivity contribution is 14.1. The molecule has 0 aliphatic heterocycles. The summed E-state index contributed by atoms with van der Waals surface area (Å²) in [6.07, 6.45) is 0.879. The summed E-state index contributed by atoms with van der Waals surface area (Å²) in [5.74, 6) is 0.847. The van der Waals surface area contributed by atoms with Gasteiger partial charge in [-0.2, -0.15) is 0 Å². The summed E-state index contributed by atoms with van der Waals surface area (Å²) in [6, 6.07) is 3.89. The Hall–Kier alpha value is -0.360. The maximum Gasteiger partial charge on any atom is 0.151 e. The minimum absolute atomic E-state index is 0.663. The Morgan fingerprint density at radius 1 is 1.54 bits per heavy atom. The first-order valence-corrected chi connectivity index (χ1v) is 5.28. The standard InChI is InChI=1S/C9H13IN2O/c1-7-3-4-8(9(10)12-7)13-6-2-5-11/h3-4H,2,5-6,11H2,1H3. The first-order valence-electron chi connectivity index (χ1n) is 4.20. The van der Waals surface area contributed by atoms with Crippen LogP contribution in [0.2, 0.25) is 0 Å². The van der Waals surface area contributed by atoms with Crippen LogP contribution >= 0.6 is 22.6 Å². The molecule has 0 amide bonds. The predicted octanol–water partition coefficient (Wildman–Crippen LogP) is 1.72. The fourth-order valence-electron chi connectivity index (χ4n) is 0.885. The van der Waals surface area contributed by atoms with Crippen molar-refractivity contribution in [3.63, 3.8) is 0 Å². The smallest absolute Gasteiger partial charge is 0.151 e. The third-order valence-corrected chi connectivity index (χ3v) is 2.33. The fraction of sp³-hybridized carbons (Fsp3) is 0.444. The molecule has 2 N–H and O–H groups in total. The summed E-state index contributed by atoms with van der Waals surface area (Å²) in [5, 5.41) is 0. The summed E-state index contributed by atoms with van der Waals surface area (Å²) in [6.45, 7) is 3.29. The van der Waals surface area contributed by atoms with E-state index in [-0.39, 0.29) is 0 Å². The summed E-state index contributed by atoms with van der Waals surface area (Å²) in [7, 11) is 0. The number of hydrogen-bond donors (Lipinski definition) is 1. The maximum atomic E-state index is 5.48. The summed E-state index contributed by atoms with van der Waals surface area (Å²) >= 11 is 2.17. The van der Waals surface area contributed by atoms with Gasteiger partial charge in [-0.15, -0.1) is 0 Å². The third kappa shape index (κ3) is 3.48. The first kappa shape index (κ1) is 10.7. The van der Waals surface area contributed by atoms with Crippen molar-refractivity contribution in [1.29, 1.82) is 0 Å². The van der Waals surface area contributed by atoms with Crippen LogP contribution in [-0.2, 0) is 0 Å². The molecule has 0 aliphatic rings. The molecule has 1 aromatic rings. The Kier molecular flexibility index (Phi) is 4.44. The van der Waals surface area contributed by atoms with E-state index < -0.39 is 0 Å². The van der Waals surface area contributed by atoms with Crippen molar-refractivity contribution in [1.82, 2.24) is 4.98 Å². The molecule has 13 heavy (non-hydrogen) atoms. The highest BCUT2D eigenvalue weighted by atomic mass is 127. The molecule has 1 aromatic heterocycles. The van der Waals surface area contributed by atoms with Gasteiger partial charge in [-0.1, -0.05) is 0 Å². The number of ether oxygens (including phenoxy) is 1. The lowest BCUT2D eigenvalue weighted by Crippen LogP contribution is -2.07. The number of nitrogens with two attached hydrogens (primary N) is 1. The van der Waals surface area contributed by atoms with Gasteiger partial charge in [0.2, 0.25) is 0 Å². The van der Waals surface area contributed by atoms with Gasteiger partial charge < -0.3 is 10.5 Å². The Morgan fingerprint density at radius 3 is 2.92 bits per heavy atom. The molecular weight excluding hydrogens is 279 g/mol. The lowest BCUT2D eigenvalue weighted by atomic mass is 10.4. The van der Waals surface area contributed by atoms with E-state index in [0.717, 1.165) is 21.6 Å². The molecule has 72 valence electrons. The van der Waals surface area contributed by atoms with Gasteiger partial charge in [0, 0.05) is 5.69 Å². The molecule has 4 heteroatoms. The fourth-order valence-corrected chi connectivity index (χ4v) is 1.60. The molecule has 0 fully saturated rings. The largest absolute Gasteiger partial charge is 0.491 e. The zero-order chi connectivity index (χ0) is 9.68. The summed E-state index contributed by atoms with van der Waals surface area (Å²) in [5.41, 5.74) is 6.37. The van der Waals surface area contributed by atoms with E-state index in [1.54, 1.807) is 0 Å². The molecule has 0 atom stereocenters. The van der Waals surface area contributed by atoms with Crippen LogP contribution < -0.4 is 10.5 Å². The lowest BCUT2D eigenvalue weighted by molar-refractivity contribution is 0.309. The second-order valence-electron chi connectivity index (χ2n) is 2.73. The van der Waals surface area contributed by atoms with Crippen molar-refractivity contribution < 1.29 is 4.74 Å². The number of aromatic nitrogens is 1. The summed E-state index contributed by atoms with van der Waals surface area (Å²) < 4.78 is 6.39. The SMILES string of the molecule is Cc1ccc(OCCCN)c(I)n1. The highest BCUT2D eigenvalue weighted by Crippen LogP contribution is 2.18. The molecular formula is C9H13IN2O. The Balaban J connectivity index is 2.56. The van der Waals surface area contributed by atoms with Gasteiger partial charge in [-0.3, -0.25) is 0 Å². The van der Waals surface area contributed by atoms with Gasteiger partial charge in [0.1, 0.15) is 3.70 Å². The number of rotatable bonds is 4. The number of aryl methyl sites for hydroxylation is 1. The van der Waals surface area contributed by atoms with E-state index >= 15 is 0 Å². The van der Waals surface area contributed by atoms with E-state index in [0.29, 0.717) is 13.2 Å².